The lowest BCUT2D eigenvalue weighted by molar-refractivity contribution is -0.139. The van der Waals surface area contributed by atoms with Crippen molar-refractivity contribution in [1.82, 2.24) is 4.90 Å². The summed E-state index contributed by atoms with van der Waals surface area (Å²) in [5.41, 5.74) is 0.432. The fourth-order valence-electron chi connectivity index (χ4n) is 2.70. The van der Waals surface area contributed by atoms with Crippen LogP contribution < -0.4 is 14.2 Å². The van der Waals surface area contributed by atoms with Crippen LogP contribution in [0.1, 0.15) is 5.56 Å². The number of benzene rings is 2. The van der Waals surface area contributed by atoms with Gasteiger partial charge in [-0.2, -0.15) is 0 Å². The Kier molecular flexibility index (Phi) is 6.97. The van der Waals surface area contributed by atoms with Gasteiger partial charge in [0.25, 0.3) is 11.1 Å². The van der Waals surface area contributed by atoms with Gasteiger partial charge in [0.1, 0.15) is 12.4 Å². The molecule has 2 aromatic carbocycles. The summed E-state index contributed by atoms with van der Waals surface area (Å²) in [7, 11) is 1.42. The van der Waals surface area contributed by atoms with Gasteiger partial charge < -0.3 is 19.3 Å². The lowest BCUT2D eigenvalue weighted by atomic mass is 10.1. The monoisotopic (exact) mass is 429 g/mol. The van der Waals surface area contributed by atoms with Crippen LogP contribution in [-0.4, -0.2) is 54.0 Å². The minimum absolute atomic E-state index is 0.109. The average molecular weight is 429 g/mol. The number of carboxylic acid groups (broad SMARTS) is 1. The Balaban J connectivity index is 1.74. The summed E-state index contributed by atoms with van der Waals surface area (Å²) in [6.07, 6.45) is 1.49. The van der Waals surface area contributed by atoms with Crippen molar-refractivity contribution in [3.05, 3.63) is 59.0 Å². The highest BCUT2D eigenvalue weighted by molar-refractivity contribution is 8.18. The van der Waals surface area contributed by atoms with Crippen LogP contribution >= 0.6 is 11.8 Å². The molecule has 0 spiro atoms. The predicted octanol–water partition coefficient (Wildman–Crippen LogP) is 3.27. The third-order valence-electron chi connectivity index (χ3n) is 4.06. The number of imide groups is 1. The third kappa shape index (κ3) is 5.12. The zero-order valence-corrected chi connectivity index (χ0v) is 16.9. The Morgan fingerprint density at radius 3 is 2.57 bits per heavy atom. The van der Waals surface area contributed by atoms with E-state index in [0.29, 0.717) is 17.1 Å². The smallest absolute Gasteiger partial charge is 0.341 e. The van der Waals surface area contributed by atoms with Crippen molar-refractivity contribution in [3.63, 3.8) is 0 Å². The fraction of sp³-hybridized carbons (Fsp3) is 0.190. The van der Waals surface area contributed by atoms with E-state index in [4.69, 9.17) is 19.3 Å². The van der Waals surface area contributed by atoms with Crippen LogP contribution in [0.25, 0.3) is 6.08 Å². The maximum atomic E-state index is 12.7. The van der Waals surface area contributed by atoms with E-state index in [-0.39, 0.29) is 23.8 Å². The SMILES string of the molecule is COc1cccc(/C=C2/SC(=O)N(CCOc3ccccc3)C2=O)c1OCC(=O)O. The first kappa shape index (κ1) is 21.3. The summed E-state index contributed by atoms with van der Waals surface area (Å²) in [5.74, 6) is -0.446. The average Bonchev–Trinajstić information content (AvgIpc) is 3.00. The number of methoxy groups -OCH3 is 1. The van der Waals surface area contributed by atoms with Gasteiger partial charge in [-0.25, -0.2) is 4.79 Å². The molecule has 1 N–H and O–H groups in total. The van der Waals surface area contributed by atoms with Crippen LogP contribution in [0.2, 0.25) is 0 Å². The normalized spacial score (nSPS) is 14.8. The zero-order chi connectivity index (χ0) is 21.5. The molecule has 0 atom stereocenters. The molecule has 0 aromatic heterocycles. The quantitative estimate of drug-likeness (QED) is 0.606. The summed E-state index contributed by atoms with van der Waals surface area (Å²) in [4.78, 5) is 37.2. The van der Waals surface area contributed by atoms with Gasteiger partial charge in [0.05, 0.1) is 18.6 Å². The number of rotatable bonds is 9. The molecule has 0 radical (unpaired) electrons. The molecule has 0 aliphatic carbocycles. The van der Waals surface area contributed by atoms with E-state index in [1.807, 2.05) is 18.2 Å². The number of hydrogen-bond acceptors (Lipinski definition) is 7. The molecule has 3 rings (SSSR count). The van der Waals surface area contributed by atoms with E-state index < -0.39 is 23.7 Å². The Bertz CT molecular complexity index is 975. The fourth-order valence-corrected chi connectivity index (χ4v) is 3.56. The molecule has 1 aliphatic rings. The molecular formula is C21H19NO7S. The maximum Gasteiger partial charge on any atom is 0.341 e. The summed E-state index contributed by atoms with van der Waals surface area (Å²) in [6.45, 7) is -0.293. The van der Waals surface area contributed by atoms with E-state index >= 15 is 0 Å². The van der Waals surface area contributed by atoms with Crippen molar-refractivity contribution in [2.75, 3.05) is 26.9 Å². The van der Waals surface area contributed by atoms with Crippen molar-refractivity contribution < 1.29 is 33.7 Å². The number of amides is 2. The number of carboxylic acids is 1. The molecule has 0 bridgehead atoms. The van der Waals surface area contributed by atoms with E-state index in [1.165, 1.54) is 13.2 Å². The Hall–Kier alpha value is -3.46. The molecule has 30 heavy (non-hydrogen) atoms. The second kappa shape index (κ2) is 9.84. The van der Waals surface area contributed by atoms with Crippen molar-refractivity contribution >= 4 is 35.0 Å². The minimum atomic E-state index is -1.15. The second-order valence-corrected chi connectivity index (χ2v) is 7.05. The van der Waals surface area contributed by atoms with E-state index in [0.717, 1.165) is 16.7 Å². The van der Waals surface area contributed by atoms with Crippen LogP contribution in [0, 0.1) is 0 Å². The minimum Gasteiger partial charge on any atom is -0.493 e. The number of hydrogen-bond donors (Lipinski definition) is 1. The molecule has 8 nitrogen and oxygen atoms in total. The lowest BCUT2D eigenvalue weighted by Crippen LogP contribution is -2.32. The van der Waals surface area contributed by atoms with E-state index in [9.17, 15) is 14.4 Å². The standard InChI is InChI=1S/C21H19NO7S/c1-27-16-9-5-6-14(19(16)29-13-18(23)24)12-17-20(25)22(21(26)30-17)10-11-28-15-7-3-2-4-8-15/h2-9,12H,10-11,13H2,1H3,(H,23,24)/b17-12+. The van der Waals surface area contributed by atoms with Gasteiger partial charge in [-0.3, -0.25) is 14.5 Å². The van der Waals surface area contributed by atoms with Crippen LogP contribution in [0.15, 0.2) is 53.4 Å². The summed E-state index contributed by atoms with van der Waals surface area (Å²) in [5, 5.41) is 8.48. The molecule has 1 fully saturated rings. The van der Waals surface area contributed by atoms with Gasteiger partial charge in [-0.1, -0.05) is 30.3 Å². The predicted molar refractivity (Wildman–Crippen MR) is 111 cm³/mol. The molecule has 1 heterocycles. The molecule has 1 aliphatic heterocycles. The number of carbonyl (C=O) groups excluding carboxylic acids is 2. The van der Waals surface area contributed by atoms with E-state index in [2.05, 4.69) is 0 Å². The number of thioether (sulfide) groups is 1. The molecule has 0 saturated carbocycles. The number of aliphatic carboxylic acids is 1. The van der Waals surface area contributed by atoms with E-state index in [1.54, 1.807) is 30.3 Å². The summed E-state index contributed by atoms with van der Waals surface area (Å²) < 4.78 is 16.1. The maximum absolute atomic E-state index is 12.7. The Morgan fingerprint density at radius 2 is 1.87 bits per heavy atom. The van der Waals surface area contributed by atoms with Crippen molar-refractivity contribution in [2.45, 2.75) is 0 Å². The molecule has 2 amide bonds. The number of para-hydroxylation sites is 2. The van der Waals surface area contributed by atoms with Crippen LogP contribution in [0.4, 0.5) is 4.79 Å². The molecule has 2 aromatic rings. The molecule has 156 valence electrons. The van der Waals surface area contributed by atoms with Gasteiger partial charge in [0, 0.05) is 5.56 Å². The van der Waals surface area contributed by atoms with Crippen LogP contribution in [0.3, 0.4) is 0 Å². The molecule has 9 heteroatoms. The van der Waals surface area contributed by atoms with Crippen molar-refractivity contribution in [2.24, 2.45) is 0 Å². The van der Waals surface area contributed by atoms with Crippen molar-refractivity contribution in [3.8, 4) is 17.2 Å². The molecular weight excluding hydrogens is 410 g/mol. The Labute approximate surface area is 177 Å². The highest BCUT2D eigenvalue weighted by atomic mass is 32.2. The van der Waals surface area contributed by atoms with Crippen LogP contribution in [0.5, 0.6) is 17.2 Å². The largest absolute Gasteiger partial charge is 0.493 e. The number of ether oxygens (including phenoxy) is 3. The second-order valence-electron chi connectivity index (χ2n) is 6.06. The lowest BCUT2D eigenvalue weighted by Gasteiger charge is -2.13. The van der Waals surface area contributed by atoms with Gasteiger partial charge in [-0.15, -0.1) is 0 Å². The first-order valence-electron chi connectivity index (χ1n) is 8.94. The van der Waals surface area contributed by atoms with Gasteiger partial charge >= 0.3 is 5.97 Å². The van der Waals surface area contributed by atoms with Crippen molar-refractivity contribution in [1.29, 1.82) is 0 Å². The first-order valence-corrected chi connectivity index (χ1v) is 9.76. The highest BCUT2D eigenvalue weighted by Crippen LogP contribution is 2.37. The number of carbonyl (C=O) groups is 3. The van der Waals surface area contributed by atoms with Crippen LogP contribution in [-0.2, 0) is 9.59 Å². The molecule has 0 unspecified atom stereocenters. The first-order chi connectivity index (χ1) is 14.5. The Morgan fingerprint density at radius 1 is 1.10 bits per heavy atom. The summed E-state index contributed by atoms with van der Waals surface area (Å²) in [6, 6.07) is 14.0. The topological polar surface area (TPSA) is 102 Å². The van der Waals surface area contributed by atoms with Gasteiger partial charge in [0.15, 0.2) is 18.1 Å². The highest BCUT2D eigenvalue weighted by Gasteiger charge is 2.35. The van der Waals surface area contributed by atoms with Gasteiger partial charge in [0.2, 0.25) is 0 Å². The summed E-state index contributed by atoms with van der Waals surface area (Å²) >= 11 is 0.800. The third-order valence-corrected chi connectivity index (χ3v) is 4.96. The number of nitrogens with zero attached hydrogens (tertiary/aromatic N) is 1. The molecule has 1 saturated heterocycles. The van der Waals surface area contributed by atoms with Gasteiger partial charge in [-0.05, 0) is 36.0 Å². The zero-order valence-electron chi connectivity index (χ0n) is 16.1.